The normalized spacial score (nSPS) is 20.4. The first kappa shape index (κ1) is 17.3. The SMILES string of the molecule is Oc1cccc(C2CC3(CCNCC3)Oc3cc(-c4cccnc4)ccc32)c1. The monoisotopic (exact) mass is 372 g/mol. The highest BCUT2D eigenvalue weighted by molar-refractivity contribution is 5.66. The van der Waals surface area contributed by atoms with E-state index in [4.69, 9.17) is 4.74 Å². The molecule has 0 aliphatic carbocycles. The first-order chi connectivity index (χ1) is 13.7. The van der Waals surface area contributed by atoms with Gasteiger partial charge >= 0.3 is 0 Å². The molecule has 2 N–H and O–H groups in total. The molecule has 1 atom stereocenters. The number of phenolic OH excluding ortho intramolecular Hbond substituents is 1. The zero-order chi connectivity index (χ0) is 19.0. The Kier molecular flexibility index (Phi) is 4.29. The average molecular weight is 372 g/mol. The van der Waals surface area contributed by atoms with Crippen LogP contribution < -0.4 is 10.1 Å². The van der Waals surface area contributed by atoms with Gasteiger partial charge < -0.3 is 15.2 Å². The third-order valence-electron chi connectivity index (χ3n) is 6.07. The molecule has 1 aromatic heterocycles. The van der Waals surface area contributed by atoms with Crippen LogP contribution in [0.5, 0.6) is 11.5 Å². The molecule has 2 aliphatic rings. The summed E-state index contributed by atoms with van der Waals surface area (Å²) >= 11 is 0. The number of nitrogens with zero attached hydrogens (tertiary/aromatic N) is 1. The van der Waals surface area contributed by atoms with Gasteiger partial charge in [-0.2, -0.15) is 0 Å². The van der Waals surface area contributed by atoms with Gasteiger partial charge in [-0.1, -0.05) is 30.3 Å². The summed E-state index contributed by atoms with van der Waals surface area (Å²) in [5, 5.41) is 13.5. The molecule has 1 saturated heterocycles. The van der Waals surface area contributed by atoms with E-state index < -0.39 is 0 Å². The number of rotatable bonds is 2. The molecule has 2 aliphatic heterocycles. The number of fused-ring (bicyclic) bond motifs is 1. The third kappa shape index (κ3) is 3.14. The molecule has 5 rings (SSSR count). The molecule has 1 spiro atoms. The lowest BCUT2D eigenvalue weighted by Crippen LogP contribution is -2.49. The molecule has 0 radical (unpaired) electrons. The van der Waals surface area contributed by atoms with Gasteiger partial charge in [0.25, 0.3) is 0 Å². The molecule has 0 bridgehead atoms. The molecular formula is C24H24N2O2. The molecule has 3 aromatic rings. The summed E-state index contributed by atoms with van der Waals surface area (Å²) in [5.74, 6) is 1.50. The van der Waals surface area contributed by atoms with Crippen molar-refractivity contribution in [3.8, 4) is 22.6 Å². The Bertz CT molecular complexity index is 981. The number of piperidine rings is 1. The molecule has 0 saturated carbocycles. The van der Waals surface area contributed by atoms with Crippen LogP contribution in [-0.2, 0) is 0 Å². The Hall–Kier alpha value is -2.85. The molecule has 4 heteroatoms. The minimum absolute atomic E-state index is 0.151. The number of hydrogen-bond acceptors (Lipinski definition) is 4. The van der Waals surface area contributed by atoms with E-state index in [2.05, 4.69) is 40.6 Å². The lowest BCUT2D eigenvalue weighted by atomic mass is 9.75. The maximum Gasteiger partial charge on any atom is 0.124 e. The highest BCUT2D eigenvalue weighted by Gasteiger charge is 2.42. The van der Waals surface area contributed by atoms with E-state index in [1.54, 1.807) is 12.3 Å². The number of benzene rings is 2. The van der Waals surface area contributed by atoms with Gasteiger partial charge in [0.2, 0.25) is 0 Å². The van der Waals surface area contributed by atoms with E-state index in [0.717, 1.165) is 54.8 Å². The van der Waals surface area contributed by atoms with Crippen molar-refractivity contribution in [3.63, 3.8) is 0 Å². The minimum Gasteiger partial charge on any atom is -0.508 e. The second-order valence-corrected chi connectivity index (χ2v) is 7.88. The second-order valence-electron chi connectivity index (χ2n) is 7.88. The van der Waals surface area contributed by atoms with Crippen molar-refractivity contribution in [2.45, 2.75) is 30.8 Å². The number of phenols is 1. The Morgan fingerprint density at radius 1 is 1.00 bits per heavy atom. The summed E-state index contributed by atoms with van der Waals surface area (Å²) < 4.78 is 6.68. The standard InChI is InChI=1S/C24H24N2O2/c27-20-5-1-3-18(13-20)22-15-24(8-11-25-12-9-24)28-23-14-17(6-7-21(22)23)19-4-2-10-26-16-19/h1-7,10,13-14,16,22,25,27H,8-9,11-12,15H2. The molecule has 0 amide bonds. The molecule has 2 aromatic carbocycles. The van der Waals surface area contributed by atoms with Crippen LogP contribution in [0.15, 0.2) is 67.0 Å². The van der Waals surface area contributed by atoms with Crippen molar-refractivity contribution in [1.29, 1.82) is 0 Å². The number of pyridine rings is 1. The smallest absolute Gasteiger partial charge is 0.124 e. The van der Waals surface area contributed by atoms with Gasteiger partial charge in [-0.15, -0.1) is 0 Å². The number of nitrogens with one attached hydrogen (secondary N) is 1. The van der Waals surface area contributed by atoms with Crippen molar-refractivity contribution in [3.05, 3.63) is 78.1 Å². The predicted molar refractivity (Wildman–Crippen MR) is 110 cm³/mol. The highest BCUT2D eigenvalue weighted by Crippen LogP contribution is 2.48. The van der Waals surface area contributed by atoms with Crippen molar-refractivity contribution in [2.75, 3.05) is 13.1 Å². The number of hydrogen-bond donors (Lipinski definition) is 2. The Morgan fingerprint density at radius 3 is 2.68 bits per heavy atom. The first-order valence-electron chi connectivity index (χ1n) is 9.96. The van der Waals surface area contributed by atoms with Crippen molar-refractivity contribution >= 4 is 0 Å². The quantitative estimate of drug-likeness (QED) is 0.696. The number of aromatic nitrogens is 1. The van der Waals surface area contributed by atoms with E-state index in [-0.39, 0.29) is 11.5 Å². The van der Waals surface area contributed by atoms with Gasteiger partial charge in [0.1, 0.15) is 17.1 Å². The van der Waals surface area contributed by atoms with Gasteiger partial charge in [-0.05, 0) is 67.7 Å². The summed E-state index contributed by atoms with van der Waals surface area (Å²) in [6.45, 7) is 1.95. The maximum absolute atomic E-state index is 10.0. The molecule has 1 unspecified atom stereocenters. The van der Waals surface area contributed by atoms with Crippen molar-refractivity contribution < 1.29 is 9.84 Å². The topological polar surface area (TPSA) is 54.4 Å². The molecule has 1 fully saturated rings. The summed E-state index contributed by atoms with van der Waals surface area (Å²) in [6, 6.07) is 18.2. The fourth-order valence-corrected chi connectivity index (χ4v) is 4.61. The fraction of sp³-hybridized carbons (Fsp3) is 0.292. The van der Waals surface area contributed by atoms with E-state index in [9.17, 15) is 5.11 Å². The maximum atomic E-state index is 10.0. The lowest BCUT2D eigenvalue weighted by molar-refractivity contribution is 0.0114. The van der Waals surface area contributed by atoms with Crippen LogP contribution in [0.1, 0.15) is 36.3 Å². The van der Waals surface area contributed by atoms with Crippen molar-refractivity contribution in [1.82, 2.24) is 10.3 Å². The van der Waals surface area contributed by atoms with Crippen LogP contribution >= 0.6 is 0 Å². The summed E-state index contributed by atoms with van der Waals surface area (Å²) in [7, 11) is 0. The molecule has 142 valence electrons. The largest absolute Gasteiger partial charge is 0.508 e. The van der Waals surface area contributed by atoms with E-state index >= 15 is 0 Å². The minimum atomic E-state index is -0.151. The predicted octanol–water partition coefficient (Wildman–Crippen LogP) is 4.49. The van der Waals surface area contributed by atoms with Gasteiger partial charge in [0.15, 0.2) is 0 Å². The van der Waals surface area contributed by atoms with Gasteiger partial charge in [0.05, 0.1) is 0 Å². The van der Waals surface area contributed by atoms with Crippen LogP contribution in [0.2, 0.25) is 0 Å². The second kappa shape index (κ2) is 6.95. The van der Waals surface area contributed by atoms with Crippen LogP contribution in [0, 0.1) is 0 Å². The molecule has 28 heavy (non-hydrogen) atoms. The number of ether oxygens (including phenoxy) is 1. The molecule has 4 nitrogen and oxygen atoms in total. The average Bonchev–Trinajstić information content (AvgIpc) is 2.74. The van der Waals surface area contributed by atoms with Gasteiger partial charge in [-0.25, -0.2) is 0 Å². The summed E-state index contributed by atoms with van der Waals surface area (Å²) in [5.41, 5.74) is 4.40. The van der Waals surface area contributed by atoms with Crippen LogP contribution in [-0.4, -0.2) is 28.8 Å². The highest BCUT2D eigenvalue weighted by atomic mass is 16.5. The fourth-order valence-electron chi connectivity index (χ4n) is 4.61. The number of aromatic hydroxyl groups is 1. The van der Waals surface area contributed by atoms with E-state index in [1.807, 2.05) is 24.4 Å². The van der Waals surface area contributed by atoms with E-state index in [1.165, 1.54) is 5.56 Å². The van der Waals surface area contributed by atoms with Gasteiger partial charge in [0, 0.05) is 29.4 Å². The Balaban J connectivity index is 1.61. The first-order valence-corrected chi connectivity index (χ1v) is 9.96. The summed E-state index contributed by atoms with van der Waals surface area (Å²) in [4.78, 5) is 4.25. The van der Waals surface area contributed by atoms with Gasteiger partial charge in [-0.3, -0.25) is 4.98 Å². The zero-order valence-electron chi connectivity index (χ0n) is 15.8. The van der Waals surface area contributed by atoms with Crippen LogP contribution in [0.25, 0.3) is 11.1 Å². The molecular weight excluding hydrogens is 348 g/mol. The summed E-state index contributed by atoms with van der Waals surface area (Å²) in [6.07, 6.45) is 6.62. The van der Waals surface area contributed by atoms with Crippen molar-refractivity contribution in [2.24, 2.45) is 0 Å². The van der Waals surface area contributed by atoms with E-state index in [0.29, 0.717) is 5.75 Å². The zero-order valence-corrected chi connectivity index (χ0v) is 15.8. The van der Waals surface area contributed by atoms with Crippen LogP contribution in [0.4, 0.5) is 0 Å². The lowest BCUT2D eigenvalue weighted by Gasteiger charge is -2.45. The Morgan fingerprint density at radius 2 is 1.89 bits per heavy atom. The molecule has 3 heterocycles. The van der Waals surface area contributed by atoms with Crippen LogP contribution in [0.3, 0.4) is 0 Å². The third-order valence-corrected chi connectivity index (χ3v) is 6.07. The Labute approximate surface area is 165 Å².